The Bertz CT molecular complexity index is 642. The van der Waals surface area contributed by atoms with Crippen LogP contribution in [-0.2, 0) is 9.59 Å². The molecule has 0 spiro atoms. The Morgan fingerprint density at radius 1 is 1.17 bits per heavy atom. The van der Waals surface area contributed by atoms with Gasteiger partial charge >= 0.3 is 0 Å². The average molecular weight is 326 g/mol. The molecule has 0 amide bonds. The van der Waals surface area contributed by atoms with E-state index in [9.17, 15) is 9.59 Å². The van der Waals surface area contributed by atoms with Gasteiger partial charge in [-0.3, -0.25) is 9.59 Å². The van der Waals surface area contributed by atoms with Gasteiger partial charge in [-0.2, -0.15) is 0 Å². The molecule has 0 aromatic heterocycles. The molecule has 0 N–H and O–H groups in total. The molecule has 0 unspecified atom stereocenters. The summed E-state index contributed by atoms with van der Waals surface area (Å²) in [6, 6.07) is 0. The first-order valence-electron chi connectivity index (χ1n) is 9.88. The van der Waals surface area contributed by atoms with E-state index in [0.29, 0.717) is 29.5 Å². The van der Waals surface area contributed by atoms with E-state index in [1.54, 1.807) is 6.08 Å². The van der Waals surface area contributed by atoms with Gasteiger partial charge in [-0.1, -0.05) is 38.8 Å². The maximum Gasteiger partial charge on any atom is 0.178 e. The summed E-state index contributed by atoms with van der Waals surface area (Å²) in [5.41, 5.74) is 1.36. The second-order valence-electron chi connectivity index (χ2n) is 9.13. The topological polar surface area (TPSA) is 34.1 Å². The Morgan fingerprint density at radius 2 is 1.96 bits per heavy atom. The molecule has 0 aromatic rings. The zero-order valence-electron chi connectivity index (χ0n) is 15.3. The van der Waals surface area contributed by atoms with Crippen molar-refractivity contribution in [2.45, 2.75) is 65.7 Å². The highest BCUT2D eigenvalue weighted by Gasteiger charge is 2.59. The van der Waals surface area contributed by atoms with Gasteiger partial charge in [-0.15, -0.1) is 0 Å². The fraction of sp³-hybridized carbons (Fsp3) is 0.727. The van der Waals surface area contributed by atoms with Crippen molar-refractivity contribution in [3.63, 3.8) is 0 Å². The van der Waals surface area contributed by atoms with E-state index in [2.05, 4.69) is 26.8 Å². The van der Waals surface area contributed by atoms with Crippen LogP contribution in [0.25, 0.3) is 0 Å². The van der Waals surface area contributed by atoms with E-state index in [-0.39, 0.29) is 16.6 Å². The molecule has 3 fully saturated rings. The number of carbonyl (C=O) groups is 2. The Hall–Kier alpha value is -1.18. The first-order valence-corrected chi connectivity index (χ1v) is 9.88. The molecule has 0 aromatic carbocycles. The van der Waals surface area contributed by atoms with Crippen LogP contribution in [0.3, 0.4) is 0 Å². The second-order valence-corrected chi connectivity index (χ2v) is 9.13. The predicted molar refractivity (Wildman–Crippen MR) is 95.4 cm³/mol. The monoisotopic (exact) mass is 326 g/mol. The van der Waals surface area contributed by atoms with E-state index in [1.807, 2.05) is 6.08 Å². The number of ketones is 2. The lowest BCUT2D eigenvalue weighted by Gasteiger charge is -2.57. The number of hydrogen-bond donors (Lipinski definition) is 0. The summed E-state index contributed by atoms with van der Waals surface area (Å²) < 4.78 is 0. The van der Waals surface area contributed by atoms with Crippen LogP contribution >= 0.6 is 0 Å². The Labute approximate surface area is 145 Å². The molecular formula is C22H30O2. The molecule has 4 rings (SSSR count). The first kappa shape index (κ1) is 16.3. The molecule has 130 valence electrons. The second kappa shape index (κ2) is 5.41. The van der Waals surface area contributed by atoms with Gasteiger partial charge in [0.25, 0.3) is 0 Å². The third-order valence-corrected chi connectivity index (χ3v) is 8.06. The van der Waals surface area contributed by atoms with Crippen molar-refractivity contribution in [2.75, 3.05) is 0 Å². The number of allylic oxidation sites excluding steroid dienone is 4. The highest BCUT2D eigenvalue weighted by molar-refractivity contribution is 6.01. The molecule has 3 saturated carbocycles. The van der Waals surface area contributed by atoms with Crippen molar-refractivity contribution in [3.05, 3.63) is 23.8 Å². The van der Waals surface area contributed by atoms with Crippen LogP contribution in [0.5, 0.6) is 0 Å². The highest BCUT2D eigenvalue weighted by atomic mass is 16.1. The fourth-order valence-corrected chi connectivity index (χ4v) is 6.81. The molecule has 2 nitrogen and oxygen atoms in total. The Kier molecular flexibility index (Phi) is 3.67. The molecule has 24 heavy (non-hydrogen) atoms. The lowest BCUT2D eigenvalue weighted by Crippen LogP contribution is -2.51. The summed E-state index contributed by atoms with van der Waals surface area (Å²) in [7, 11) is 0. The lowest BCUT2D eigenvalue weighted by atomic mass is 9.46. The molecule has 0 radical (unpaired) electrons. The largest absolute Gasteiger partial charge is 0.299 e. The molecular weight excluding hydrogens is 296 g/mol. The fourth-order valence-electron chi connectivity index (χ4n) is 6.81. The van der Waals surface area contributed by atoms with E-state index < -0.39 is 0 Å². The van der Waals surface area contributed by atoms with Crippen molar-refractivity contribution in [1.82, 2.24) is 0 Å². The molecule has 4 aliphatic carbocycles. The number of rotatable bonds is 2. The number of carbonyl (C=O) groups excluding carboxylic acids is 2. The van der Waals surface area contributed by atoms with Gasteiger partial charge in [0.1, 0.15) is 5.78 Å². The SMILES string of the molecule is CCC[C@H]1C[C@@H]2[C@H](CC[C@]3(C)C(=O)CC[C@@H]23)[C@@]2(C)C=CC(=O)C=C12. The summed E-state index contributed by atoms with van der Waals surface area (Å²) in [5, 5.41) is 0. The number of Topliss-reactive ketones (excluding diaryl/α,β-unsaturated/α-hetero) is 1. The third-order valence-electron chi connectivity index (χ3n) is 8.06. The van der Waals surface area contributed by atoms with Crippen LogP contribution in [-0.4, -0.2) is 11.6 Å². The highest BCUT2D eigenvalue weighted by Crippen LogP contribution is 2.65. The minimum Gasteiger partial charge on any atom is -0.299 e. The zero-order valence-corrected chi connectivity index (χ0v) is 15.3. The van der Waals surface area contributed by atoms with E-state index in [0.717, 1.165) is 32.1 Å². The Balaban J connectivity index is 1.75. The number of hydrogen-bond acceptors (Lipinski definition) is 2. The van der Waals surface area contributed by atoms with Crippen molar-refractivity contribution in [2.24, 2.45) is 34.5 Å². The Morgan fingerprint density at radius 3 is 2.71 bits per heavy atom. The van der Waals surface area contributed by atoms with Gasteiger partial charge in [0, 0.05) is 17.3 Å². The van der Waals surface area contributed by atoms with Crippen molar-refractivity contribution in [3.8, 4) is 0 Å². The van der Waals surface area contributed by atoms with Crippen LogP contribution in [0.2, 0.25) is 0 Å². The van der Waals surface area contributed by atoms with Gasteiger partial charge in [-0.25, -0.2) is 0 Å². The van der Waals surface area contributed by atoms with Crippen LogP contribution in [0.4, 0.5) is 0 Å². The minimum atomic E-state index is -0.0658. The van der Waals surface area contributed by atoms with Crippen molar-refractivity contribution >= 4 is 11.6 Å². The molecule has 0 bridgehead atoms. The third kappa shape index (κ3) is 2.07. The summed E-state index contributed by atoms with van der Waals surface area (Å²) in [6.07, 6.45) is 13.5. The maximum absolute atomic E-state index is 12.5. The van der Waals surface area contributed by atoms with E-state index in [4.69, 9.17) is 0 Å². The van der Waals surface area contributed by atoms with Gasteiger partial charge < -0.3 is 0 Å². The quantitative estimate of drug-likeness (QED) is 0.724. The average Bonchev–Trinajstić information content (AvgIpc) is 2.85. The first-order chi connectivity index (χ1) is 11.4. The predicted octanol–water partition coefficient (Wildman–Crippen LogP) is 4.89. The molecule has 6 atom stereocenters. The van der Waals surface area contributed by atoms with Gasteiger partial charge in [0.15, 0.2) is 5.78 Å². The maximum atomic E-state index is 12.5. The minimum absolute atomic E-state index is 0.0314. The normalized spacial score (nSPS) is 47.0. The van der Waals surface area contributed by atoms with Gasteiger partial charge in [-0.05, 0) is 67.9 Å². The summed E-state index contributed by atoms with van der Waals surface area (Å²) in [6.45, 7) is 6.85. The van der Waals surface area contributed by atoms with Gasteiger partial charge in [0.2, 0.25) is 0 Å². The van der Waals surface area contributed by atoms with Crippen LogP contribution in [0, 0.1) is 34.5 Å². The van der Waals surface area contributed by atoms with Crippen LogP contribution < -0.4 is 0 Å². The molecule has 4 aliphatic rings. The van der Waals surface area contributed by atoms with Crippen molar-refractivity contribution < 1.29 is 9.59 Å². The lowest BCUT2D eigenvalue weighted by molar-refractivity contribution is -0.132. The molecule has 2 heteroatoms. The van der Waals surface area contributed by atoms with Crippen LogP contribution in [0.15, 0.2) is 23.8 Å². The number of fused-ring (bicyclic) bond motifs is 5. The standard InChI is InChI=1S/C22H30O2/c1-4-5-14-12-16-17-6-7-20(24)22(17,3)11-9-18(16)21(2)10-8-15(23)13-19(14)21/h8,10,13-14,16-18H,4-7,9,11-12H2,1-3H3/t14-,16-,17-,18-,21+,22-/m0/s1. The van der Waals surface area contributed by atoms with E-state index >= 15 is 0 Å². The molecule has 0 aliphatic heterocycles. The zero-order chi connectivity index (χ0) is 17.1. The van der Waals surface area contributed by atoms with E-state index in [1.165, 1.54) is 18.4 Å². The molecule has 0 saturated heterocycles. The van der Waals surface area contributed by atoms with Crippen molar-refractivity contribution in [1.29, 1.82) is 0 Å². The van der Waals surface area contributed by atoms with Crippen LogP contribution in [0.1, 0.15) is 65.7 Å². The summed E-state index contributed by atoms with van der Waals surface area (Å²) in [4.78, 5) is 24.6. The smallest absolute Gasteiger partial charge is 0.178 e. The van der Waals surface area contributed by atoms with Gasteiger partial charge in [0.05, 0.1) is 0 Å². The summed E-state index contributed by atoms with van der Waals surface area (Å²) in [5.74, 6) is 3.01. The summed E-state index contributed by atoms with van der Waals surface area (Å²) >= 11 is 0. The molecule has 0 heterocycles.